The van der Waals surface area contributed by atoms with Crippen molar-refractivity contribution in [1.82, 2.24) is 15.2 Å². The first-order valence-corrected chi connectivity index (χ1v) is 11.3. The third kappa shape index (κ3) is 4.80. The van der Waals surface area contributed by atoms with Gasteiger partial charge in [0.15, 0.2) is 0 Å². The lowest BCUT2D eigenvalue weighted by molar-refractivity contribution is 0.0935. The summed E-state index contributed by atoms with van der Waals surface area (Å²) < 4.78 is 0. The molecule has 3 aromatic rings. The molecule has 5 rings (SSSR count). The average molecular weight is 439 g/mol. The maximum absolute atomic E-state index is 12.6. The highest BCUT2D eigenvalue weighted by atomic mass is 16.2. The van der Waals surface area contributed by atoms with Crippen molar-refractivity contribution in [2.75, 3.05) is 5.32 Å². The SMILES string of the molecule is O=C(NC1CC=C(c2ccc(NC(=O)N3Cc4ccncc4C3)cc2)CC1)c1ccccc1. The molecule has 0 saturated heterocycles. The third-order valence-electron chi connectivity index (χ3n) is 6.30. The normalized spacial score (nSPS) is 17.2. The standard InChI is InChI=1S/C27H26N4O2/c32-26(21-4-2-1-3-5-21)29-24-10-6-19(7-11-24)20-8-12-25(13-9-20)30-27(33)31-17-22-14-15-28-16-23(22)18-31/h1-6,8-9,12-16,24H,7,10-11,17-18H2,(H,29,32)(H,30,33). The van der Waals surface area contributed by atoms with Gasteiger partial charge in [0.2, 0.25) is 0 Å². The van der Waals surface area contributed by atoms with E-state index in [1.165, 1.54) is 5.57 Å². The molecule has 3 amide bonds. The van der Waals surface area contributed by atoms with Crippen LogP contribution in [-0.4, -0.2) is 27.9 Å². The number of urea groups is 1. The smallest absolute Gasteiger partial charge is 0.322 e. The monoisotopic (exact) mass is 438 g/mol. The predicted molar refractivity (Wildman–Crippen MR) is 128 cm³/mol. The number of nitrogens with zero attached hydrogens (tertiary/aromatic N) is 2. The fourth-order valence-electron chi connectivity index (χ4n) is 4.42. The molecule has 166 valence electrons. The van der Waals surface area contributed by atoms with Crippen LogP contribution in [0.1, 0.15) is 46.3 Å². The summed E-state index contributed by atoms with van der Waals surface area (Å²) in [4.78, 5) is 30.9. The highest BCUT2D eigenvalue weighted by Crippen LogP contribution is 2.28. The molecule has 0 bridgehead atoms. The van der Waals surface area contributed by atoms with Crippen molar-refractivity contribution in [1.29, 1.82) is 0 Å². The number of aromatic nitrogens is 1. The number of fused-ring (bicyclic) bond motifs is 1. The average Bonchev–Trinajstić information content (AvgIpc) is 3.30. The van der Waals surface area contributed by atoms with Crippen LogP contribution in [0.25, 0.3) is 5.57 Å². The largest absolute Gasteiger partial charge is 0.349 e. The molecule has 2 heterocycles. The molecule has 2 aliphatic rings. The second kappa shape index (κ2) is 9.28. The van der Waals surface area contributed by atoms with Crippen LogP contribution in [0.4, 0.5) is 10.5 Å². The quantitative estimate of drug-likeness (QED) is 0.602. The van der Waals surface area contributed by atoms with Gasteiger partial charge in [-0.2, -0.15) is 0 Å². The molecule has 1 aliphatic heterocycles. The van der Waals surface area contributed by atoms with Gasteiger partial charge in [-0.05, 0) is 71.9 Å². The summed E-state index contributed by atoms with van der Waals surface area (Å²) in [6.45, 7) is 1.19. The number of amides is 3. The molecule has 0 fully saturated rings. The van der Waals surface area contributed by atoms with E-state index in [4.69, 9.17) is 0 Å². The van der Waals surface area contributed by atoms with Crippen molar-refractivity contribution in [3.05, 3.63) is 101 Å². The van der Waals surface area contributed by atoms with Crippen LogP contribution in [0.5, 0.6) is 0 Å². The summed E-state index contributed by atoms with van der Waals surface area (Å²) in [5.74, 6) is -0.0186. The molecule has 2 aromatic carbocycles. The number of benzene rings is 2. The zero-order chi connectivity index (χ0) is 22.6. The van der Waals surface area contributed by atoms with Gasteiger partial charge in [0, 0.05) is 42.8 Å². The first-order valence-electron chi connectivity index (χ1n) is 11.3. The molecule has 33 heavy (non-hydrogen) atoms. The number of hydrogen-bond acceptors (Lipinski definition) is 3. The molecule has 0 radical (unpaired) electrons. The topological polar surface area (TPSA) is 74.3 Å². The summed E-state index contributed by atoms with van der Waals surface area (Å²) in [5, 5.41) is 6.12. The van der Waals surface area contributed by atoms with Crippen molar-refractivity contribution in [3.63, 3.8) is 0 Å². The highest BCUT2D eigenvalue weighted by Gasteiger charge is 2.23. The summed E-state index contributed by atoms with van der Waals surface area (Å²) in [5.41, 5.74) is 6.16. The minimum absolute atomic E-state index is 0.0186. The number of carbonyl (C=O) groups is 2. The lowest BCUT2D eigenvalue weighted by Crippen LogP contribution is -2.35. The Bertz CT molecular complexity index is 1160. The Hall–Kier alpha value is -3.93. The molecule has 0 spiro atoms. The minimum Gasteiger partial charge on any atom is -0.349 e. The van der Waals surface area contributed by atoms with Crippen molar-refractivity contribution < 1.29 is 9.59 Å². The van der Waals surface area contributed by atoms with E-state index >= 15 is 0 Å². The number of nitrogens with one attached hydrogen (secondary N) is 2. The molecule has 1 unspecified atom stereocenters. The maximum atomic E-state index is 12.6. The molecule has 0 saturated carbocycles. The van der Waals surface area contributed by atoms with Crippen LogP contribution in [0, 0.1) is 0 Å². The van der Waals surface area contributed by atoms with Gasteiger partial charge >= 0.3 is 6.03 Å². The molecule has 1 atom stereocenters. The Morgan fingerprint density at radius 2 is 1.73 bits per heavy atom. The first-order chi connectivity index (χ1) is 16.2. The van der Waals surface area contributed by atoms with Crippen LogP contribution in [0.3, 0.4) is 0 Å². The summed E-state index contributed by atoms with van der Waals surface area (Å²) >= 11 is 0. The zero-order valence-corrected chi connectivity index (χ0v) is 18.3. The van der Waals surface area contributed by atoms with E-state index < -0.39 is 0 Å². The van der Waals surface area contributed by atoms with E-state index in [1.807, 2.05) is 66.9 Å². The van der Waals surface area contributed by atoms with Crippen molar-refractivity contribution >= 4 is 23.2 Å². The van der Waals surface area contributed by atoms with Crippen molar-refractivity contribution in [2.24, 2.45) is 0 Å². The van der Waals surface area contributed by atoms with E-state index in [2.05, 4.69) is 21.7 Å². The number of anilines is 1. The van der Waals surface area contributed by atoms with Gasteiger partial charge < -0.3 is 15.5 Å². The summed E-state index contributed by atoms with van der Waals surface area (Å²) in [6, 6.07) is 19.3. The van der Waals surface area contributed by atoms with Gasteiger partial charge in [-0.3, -0.25) is 9.78 Å². The molecular formula is C27H26N4O2. The van der Waals surface area contributed by atoms with Crippen LogP contribution in [-0.2, 0) is 13.1 Å². The van der Waals surface area contributed by atoms with E-state index in [9.17, 15) is 9.59 Å². The Kier molecular flexibility index (Phi) is 5.89. The van der Waals surface area contributed by atoms with Crippen LogP contribution in [0.2, 0.25) is 0 Å². The number of allylic oxidation sites excluding steroid dienone is 1. The van der Waals surface area contributed by atoms with Gasteiger partial charge in [-0.25, -0.2) is 4.79 Å². The van der Waals surface area contributed by atoms with Crippen molar-refractivity contribution in [3.8, 4) is 0 Å². The first kappa shape index (κ1) is 20.9. The number of hydrogen-bond donors (Lipinski definition) is 2. The lowest BCUT2D eigenvalue weighted by Gasteiger charge is -2.23. The van der Waals surface area contributed by atoms with Crippen molar-refractivity contribution in [2.45, 2.75) is 38.4 Å². The Balaban J connectivity index is 1.15. The Morgan fingerprint density at radius 3 is 2.45 bits per heavy atom. The van der Waals surface area contributed by atoms with E-state index in [0.717, 1.165) is 41.6 Å². The second-order valence-corrected chi connectivity index (χ2v) is 8.55. The van der Waals surface area contributed by atoms with E-state index in [1.54, 1.807) is 11.1 Å². The number of pyridine rings is 1. The fraction of sp³-hybridized carbons (Fsp3) is 0.222. The van der Waals surface area contributed by atoms with Gasteiger partial charge in [0.25, 0.3) is 5.91 Å². The lowest BCUT2D eigenvalue weighted by atomic mass is 9.90. The minimum atomic E-state index is -0.104. The van der Waals surface area contributed by atoms with Gasteiger partial charge in [-0.1, -0.05) is 36.4 Å². The maximum Gasteiger partial charge on any atom is 0.322 e. The fourth-order valence-corrected chi connectivity index (χ4v) is 4.42. The van der Waals surface area contributed by atoms with E-state index in [-0.39, 0.29) is 18.0 Å². The summed E-state index contributed by atoms with van der Waals surface area (Å²) in [6.07, 6.45) is 8.43. The Labute approximate surface area is 193 Å². The Morgan fingerprint density at radius 1 is 0.939 bits per heavy atom. The molecule has 6 heteroatoms. The zero-order valence-electron chi connectivity index (χ0n) is 18.3. The van der Waals surface area contributed by atoms with Gasteiger partial charge in [0.05, 0.1) is 0 Å². The van der Waals surface area contributed by atoms with Gasteiger partial charge in [0.1, 0.15) is 0 Å². The van der Waals surface area contributed by atoms with Crippen LogP contribution < -0.4 is 10.6 Å². The summed E-state index contributed by atoms with van der Waals surface area (Å²) in [7, 11) is 0. The highest BCUT2D eigenvalue weighted by molar-refractivity contribution is 5.94. The number of rotatable bonds is 4. The molecule has 2 N–H and O–H groups in total. The van der Waals surface area contributed by atoms with Gasteiger partial charge in [-0.15, -0.1) is 0 Å². The molecule has 6 nitrogen and oxygen atoms in total. The molecular weight excluding hydrogens is 412 g/mol. The second-order valence-electron chi connectivity index (χ2n) is 8.55. The molecule has 1 aromatic heterocycles. The number of carbonyl (C=O) groups excluding carboxylic acids is 2. The van der Waals surface area contributed by atoms with Crippen LogP contribution >= 0.6 is 0 Å². The molecule has 1 aliphatic carbocycles. The predicted octanol–water partition coefficient (Wildman–Crippen LogP) is 5.00. The third-order valence-corrected chi connectivity index (χ3v) is 6.30. The van der Waals surface area contributed by atoms with E-state index in [0.29, 0.717) is 18.7 Å². The van der Waals surface area contributed by atoms with Crippen LogP contribution in [0.15, 0.2) is 79.1 Å².